The summed E-state index contributed by atoms with van der Waals surface area (Å²) in [5.74, 6) is -1.23. The van der Waals surface area contributed by atoms with E-state index >= 15 is 0 Å². The molecular weight excluding hydrogens is 797 g/mol. The van der Waals surface area contributed by atoms with Gasteiger partial charge in [0.1, 0.15) is 51.5 Å². The van der Waals surface area contributed by atoms with Crippen LogP contribution in [0.15, 0.2) is 36.4 Å². The smallest absolute Gasteiger partial charge is 0.408 e. The number of ether oxygens (including phenoxy) is 3. The number of fused-ring (bicyclic) bond motifs is 4. The van der Waals surface area contributed by atoms with Gasteiger partial charge in [0, 0.05) is 34.7 Å². The van der Waals surface area contributed by atoms with Gasteiger partial charge in [0.2, 0.25) is 21.8 Å². The first-order valence-electron chi connectivity index (χ1n) is 20.6. The lowest BCUT2D eigenvalue weighted by Crippen LogP contribution is -2.58. The van der Waals surface area contributed by atoms with Crippen LogP contribution in [0.2, 0.25) is 0 Å². The van der Waals surface area contributed by atoms with Crippen molar-refractivity contribution in [1.29, 1.82) is 0 Å². The number of benzene rings is 1. The second-order valence-electron chi connectivity index (χ2n) is 17.3. The number of pyridine rings is 1. The molecule has 316 valence electrons. The van der Waals surface area contributed by atoms with Crippen molar-refractivity contribution in [1.82, 2.24) is 30.2 Å². The topological polar surface area (TPSA) is 195 Å². The average molecular weight is 849 g/mol. The van der Waals surface area contributed by atoms with E-state index in [0.717, 1.165) is 42.8 Å². The van der Waals surface area contributed by atoms with Crippen molar-refractivity contribution in [2.75, 3.05) is 13.7 Å². The number of allylic oxidation sites excluding steroid dienone is 1. The van der Waals surface area contributed by atoms with Gasteiger partial charge in [-0.05, 0) is 90.7 Å². The number of amides is 4. The summed E-state index contributed by atoms with van der Waals surface area (Å²) < 4.78 is 45.9. The third kappa shape index (κ3) is 8.91. The van der Waals surface area contributed by atoms with Gasteiger partial charge in [0.25, 0.3) is 5.91 Å². The number of aromatic nitrogens is 2. The fourth-order valence-electron chi connectivity index (χ4n) is 8.29. The van der Waals surface area contributed by atoms with Crippen LogP contribution in [-0.4, -0.2) is 95.3 Å². The van der Waals surface area contributed by atoms with Crippen LogP contribution in [0.1, 0.15) is 95.6 Å². The summed E-state index contributed by atoms with van der Waals surface area (Å²) in [5.41, 5.74) is 0.0132. The molecule has 4 amide bonds. The number of aryl methyl sites for hydroxylation is 2. The van der Waals surface area contributed by atoms with Crippen LogP contribution < -0.4 is 24.8 Å². The minimum Gasteiger partial charge on any atom is -0.497 e. The molecular formula is C42H52N6O9S2. The predicted octanol–water partition coefficient (Wildman–Crippen LogP) is 5.10. The number of sulfonamides is 1. The molecule has 2 aromatic heterocycles. The quantitative estimate of drug-likeness (QED) is 0.255. The van der Waals surface area contributed by atoms with Gasteiger partial charge in [-0.1, -0.05) is 25.0 Å². The van der Waals surface area contributed by atoms with Crippen LogP contribution >= 0.6 is 11.3 Å². The first-order chi connectivity index (χ1) is 28.1. The molecule has 1 aromatic carbocycles. The Balaban J connectivity index is 1.13. The molecule has 17 heteroatoms. The van der Waals surface area contributed by atoms with Crippen LogP contribution in [0.4, 0.5) is 4.79 Å². The SMILES string of the molecule is COc1ccc2c(OC3C[C@H]4C(=O)N[C@]5(C(=O)NS(=O)(=O)C6CC6)C[C@H]5C=CCCCCC[C@H](NC(=O)OC(C)(C)C)C(=O)N4C3)cc(-c3nc4c(s3)CCC4)nc2c1. The average Bonchev–Trinajstić information content (AvgIpc) is 4.00. The Kier molecular flexibility index (Phi) is 11.1. The molecule has 8 rings (SSSR count). The van der Waals surface area contributed by atoms with Crippen LogP contribution in [0.25, 0.3) is 21.6 Å². The number of methoxy groups -OCH3 is 1. The Morgan fingerprint density at radius 3 is 2.59 bits per heavy atom. The number of nitrogens with one attached hydrogen (secondary N) is 3. The molecule has 4 heterocycles. The van der Waals surface area contributed by atoms with Gasteiger partial charge >= 0.3 is 6.09 Å². The van der Waals surface area contributed by atoms with E-state index in [9.17, 15) is 27.6 Å². The summed E-state index contributed by atoms with van der Waals surface area (Å²) in [6, 6.07) is 5.20. The van der Waals surface area contributed by atoms with Crippen molar-refractivity contribution in [2.24, 2.45) is 5.92 Å². The lowest BCUT2D eigenvalue weighted by Gasteiger charge is -2.30. The second kappa shape index (κ2) is 16.0. The van der Waals surface area contributed by atoms with E-state index in [2.05, 4.69) is 15.4 Å². The number of hydrogen-bond acceptors (Lipinski definition) is 12. The van der Waals surface area contributed by atoms with E-state index in [4.69, 9.17) is 24.2 Å². The number of rotatable bonds is 8. The summed E-state index contributed by atoms with van der Waals surface area (Å²) in [6.45, 7) is 5.20. The first kappa shape index (κ1) is 41.0. The molecule has 3 fully saturated rings. The molecule has 2 aliphatic heterocycles. The third-order valence-corrected chi connectivity index (χ3v) is 14.6. The van der Waals surface area contributed by atoms with E-state index in [0.29, 0.717) is 60.2 Å². The number of carbonyl (C=O) groups is 4. The zero-order valence-corrected chi connectivity index (χ0v) is 35.5. The molecule has 59 heavy (non-hydrogen) atoms. The van der Waals surface area contributed by atoms with Gasteiger partial charge in [-0.15, -0.1) is 11.3 Å². The van der Waals surface area contributed by atoms with Crippen LogP contribution in [-0.2, 0) is 42.0 Å². The van der Waals surface area contributed by atoms with Gasteiger partial charge in [0.05, 0.1) is 30.1 Å². The van der Waals surface area contributed by atoms with Crippen molar-refractivity contribution >= 4 is 56.1 Å². The van der Waals surface area contributed by atoms with Gasteiger partial charge in [-0.2, -0.15) is 0 Å². The molecule has 3 aromatic rings. The highest BCUT2D eigenvalue weighted by Gasteiger charge is 2.62. The number of thiazole rings is 1. The molecule has 3 aliphatic carbocycles. The number of alkyl carbamates (subject to hydrolysis) is 1. The Labute approximate surface area is 348 Å². The van der Waals surface area contributed by atoms with E-state index in [1.54, 1.807) is 39.2 Å². The van der Waals surface area contributed by atoms with E-state index in [-0.39, 0.29) is 19.4 Å². The summed E-state index contributed by atoms with van der Waals surface area (Å²) in [7, 11) is -2.32. The molecule has 5 aliphatic rings. The van der Waals surface area contributed by atoms with Crippen LogP contribution in [0, 0.1) is 5.92 Å². The largest absolute Gasteiger partial charge is 0.497 e. The highest BCUT2D eigenvalue weighted by molar-refractivity contribution is 7.91. The van der Waals surface area contributed by atoms with Crippen LogP contribution in [0.3, 0.4) is 0 Å². The molecule has 1 saturated heterocycles. The molecule has 2 saturated carbocycles. The Hall–Kier alpha value is -4.77. The zero-order valence-electron chi connectivity index (χ0n) is 33.9. The highest BCUT2D eigenvalue weighted by Crippen LogP contribution is 2.46. The Morgan fingerprint density at radius 2 is 1.85 bits per heavy atom. The van der Waals surface area contributed by atoms with E-state index < -0.39 is 74.3 Å². The van der Waals surface area contributed by atoms with Crippen molar-refractivity contribution in [3.63, 3.8) is 0 Å². The molecule has 1 unspecified atom stereocenters. The maximum atomic E-state index is 14.7. The maximum Gasteiger partial charge on any atom is 0.408 e. The summed E-state index contributed by atoms with van der Waals surface area (Å²) in [4.78, 5) is 68.8. The lowest BCUT2D eigenvalue weighted by atomic mass is 10.0. The predicted molar refractivity (Wildman–Crippen MR) is 220 cm³/mol. The van der Waals surface area contributed by atoms with Gasteiger partial charge in [-0.3, -0.25) is 19.1 Å². The number of nitrogens with zero attached hydrogens (tertiary/aromatic N) is 3. The standard InChI is InChI=1S/C42H52N6O9S2/c1-41(2,3)57-40(52)45-30-12-9-7-5-6-8-11-24-22-42(24,39(51)47-59(53,54)27-16-17-27)46-36(49)33-20-26(23-48(33)38(30)50)56-34-21-32(37-44-29-13-10-14-35(29)58-37)43-31-19-25(55-4)15-18-28(31)34/h8,11,15,18-19,21,24,26-27,30,33H,5-7,9-10,12-14,16-17,20,22-23H2,1-4H3,(H,45,52)(H,46,49)(H,47,51)/t24-,26?,30+,33+,42-/m1/s1. The van der Waals surface area contributed by atoms with Gasteiger partial charge in [0.15, 0.2) is 0 Å². The molecule has 0 bridgehead atoms. The van der Waals surface area contributed by atoms with E-state index in [1.165, 1.54) is 9.78 Å². The maximum absolute atomic E-state index is 14.7. The van der Waals surface area contributed by atoms with Crippen molar-refractivity contribution in [2.45, 2.75) is 132 Å². The highest BCUT2D eigenvalue weighted by atomic mass is 32.2. The minimum atomic E-state index is -3.91. The van der Waals surface area contributed by atoms with Gasteiger partial charge in [-0.25, -0.2) is 23.2 Å². The fraction of sp³-hybridized carbons (Fsp3) is 0.571. The minimum absolute atomic E-state index is 0.0111. The Morgan fingerprint density at radius 1 is 1.03 bits per heavy atom. The summed E-state index contributed by atoms with van der Waals surface area (Å²) in [6.07, 6.45) is 9.73. The molecule has 0 radical (unpaired) electrons. The van der Waals surface area contributed by atoms with Gasteiger partial charge < -0.3 is 29.7 Å². The molecule has 15 nitrogen and oxygen atoms in total. The molecule has 0 spiro atoms. The van der Waals surface area contributed by atoms with Crippen molar-refractivity contribution in [3.8, 4) is 22.2 Å². The first-order valence-corrected chi connectivity index (χ1v) is 23.0. The lowest BCUT2D eigenvalue weighted by molar-refractivity contribution is -0.141. The normalized spacial score (nSPS) is 26.1. The molecule has 5 atom stereocenters. The Bertz CT molecular complexity index is 2280. The van der Waals surface area contributed by atoms with Crippen molar-refractivity contribution in [3.05, 3.63) is 47.0 Å². The van der Waals surface area contributed by atoms with Crippen molar-refractivity contribution < 1.29 is 41.8 Å². The van der Waals surface area contributed by atoms with E-state index in [1.807, 2.05) is 36.4 Å². The summed E-state index contributed by atoms with van der Waals surface area (Å²) in [5, 5.41) is 6.53. The number of carbonyl (C=O) groups excluding carboxylic acids is 4. The number of hydrogen-bond donors (Lipinski definition) is 3. The monoisotopic (exact) mass is 848 g/mol. The third-order valence-electron chi connectivity index (χ3n) is 11.6. The zero-order chi connectivity index (χ0) is 41.7. The fourth-order valence-corrected chi connectivity index (χ4v) is 10.8. The second-order valence-corrected chi connectivity index (χ2v) is 20.4. The van der Waals surface area contributed by atoms with Crippen LogP contribution in [0.5, 0.6) is 11.5 Å². The summed E-state index contributed by atoms with van der Waals surface area (Å²) >= 11 is 1.61. The molecule has 3 N–H and O–H groups in total.